The number of ether oxygens (including phenoxy) is 1. The maximum Gasteiger partial charge on any atom is 0.196 e. The average molecular weight is 275 g/mol. The second-order valence-corrected chi connectivity index (χ2v) is 4.63. The van der Waals surface area contributed by atoms with Gasteiger partial charge >= 0.3 is 0 Å². The molecule has 2 rings (SSSR count). The molecular formula is C16H15ClO2. The van der Waals surface area contributed by atoms with Gasteiger partial charge in [0, 0.05) is 10.6 Å². The molecule has 0 fully saturated rings. The lowest BCUT2D eigenvalue weighted by molar-refractivity contribution is 0.103. The zero-order valence-electron chi connectivity index (χ0n) is 10.9. The van der Waals surface area contributed by atoms with Crippen molar-refractivity contribution < 1.29 is 9.53 Å². The van der Waals surface area contributed by atoms with Crippen LogP contribution in [0, 0.1) is 6.92 Å². The van der Waals surface area contributed by atoms with Crippen LogP contribution in [0.25, 0.3) is 0 Å². The number of carbonyl (C=O) groups is 1. The standard InChI is InChI=1S/C16H15ClO2/c1-3-19-15-7-5-4-6-13(15)16(18)12-8-9-14(17)11(2)10-12/h4-10H,3H2,1-2H3. The Labute approximate surface area is 118 Å². The van der Waals surface area contributed by atoms with E-state index in [0.29, 0.717) is 28.5 Å². The molecule has 0 amide bonds. The largest absolute Gasteiger partial charge is 0.493 e. The highest BCUT2D eigenvalue weighted by molar-refractivity contribution is 6.31. The van der Waals surface area contributed by atoms with E-state index in [2.05, 4.69) is 0 Å². The van der Waals surface area contributed by atoms with Crippen molar-refractivity contribution in [3.05, 3.63) is 64.2 Å². The minimum atomic E-state index is -0.0520. The fraction of sp³-hybridized carbons (Fsp3) is 0.188. The molecule has 2 aromatic rings. The number of carbonyl (C=O) groups excluding carboxylic acids is 1. The summed E-state index contributed by atoms with van der Waals surface area (Å²) in [6.45, 7) is 4.31. The van der Waals surface area contributed by atoms with Gasteiger partial charge in [0.25, 0.3) is 0 Å². The molecule has 0 atom stereocenters. The van der Waals surface area contributed by atoms with E-state index >= 15 is 0 Å². The number of benzene rings is 2. The van der Waals surface area contributed by atoms with Crippen LogP contribution in [0.2, 0.25) is 5.02 Å². The van der Waals surface area contributed by atoms with E-state index in [9.17, 15) is 4.79 Å². The fourth-order valence-electron chi connectivity index (χ4n) is 1.88. The number of ketones is 1. The maximum absolute atomic E-state index is 12.5. The van der Waals surface area contributed by atoms with Crippen LogP contribution in [-0.4, -0.2) is 12.4 Å². The molecule has 2 nitrogen and oxygen atoms in total. The molecule has 3 heteroatoms. The van der Waals surface area contributed by atoms with Crippen LogP contribution in [0.3, 0.4) is 0 Å². The van der Waals surface area contributed by atoms with E-state index < -0.39 is 0 Å². The summed E-state index contributed by atoms with van der Waals surface area (Å²) < 4.78 is 5.49. The number of hydrogen-bond acceptors (Lipinski definition) is 2. The highest BCUT2D eigenvalue weighted by atomic mass is 35.5. The normalized spacial score (nSPS) is 10.3. The first-order valence-corrected chi connectivity index (χ1v) is 6.54. The molecule has 0 bridgehead atoms. The summed E-state index contributed by atoms with van der Waals surface area (Å²) in [6.07, 6.45) is 0. The van der Waals surface area contributed by atoms with Gasteiger partial charge in [0.15, 0.2) is 5.78 Å². The molecule has 0 aliphatic rings. The van der Waals surface area contributed by atoms with Crippen LogP contribution in [0.15, 0.2) is 42.5 Å². The number of aryl methyl sites for hydroxylation is 1. The van der Waals surface area contributed by atoms with Crippen molar-refractivity contribution in [1.29, 1.82) is 0 Å². The summed E-state index contributed by atoms with van der Waals surface area (Å²) in [5.74, 6) is 0.561. The molecule has 0 aliphatic heterocycles. The molecule has 0 saturated carbocycles. The molecule has 2 aromatic carbocycles. The first kappa shape index (κ1) is 13.6. The van der Waals surface area contributed by atoms with E-state index in [-0.39, 0.29) is 5.78 Å². The van der Waals surface area contributed by atoms with Crippen molar-refractivity contribution in [3.8, 4) is 5.75 Å². The van der Waals surface area contributed by atoms with Crippen molar-refractivity contribution in [3.63, 3.8) is 0 Å². The quantitative estimate of drug-likeness (QED) is 0.778. The molecule has 0 aliphatic carbocycles. The van der Waals surface area contributed by atoms with Gasteiger partial charge in [0.05, 0.1) is 12.2 Å². The molecule has 98 valence electrons. The molecule has 0 saturated heterocycles. The first-order chi connectivity index (χ1) is 9.13. The Morgan fingerprint density at radius 1 is 1.21 bits per heavy atom. The third kappa shape index (κ3) is 2.96. The first-order valence-electron chi connectivity index (χ1n) is 6.16. The van der Waals surface area contributed by atoms with Gasteiger partial charge in [0.1, 0.15) is 5.75 Å². The minimum Gasteiger partial charge on any atom is -0.493 e. The predicted octanol–water partition coefficient (Wildman–Crippen LogP) is 4.28. The Hall–Kier alpha value is -1.80. The van der Waals surface area contributed by atoms with Gasteiger partial charge in [0.2, 0.25) is 0 Å². The zero-order valence-corrected chi connectivity index (χ0v) is 11.7. The molecule has 0 unspecified atom stereocenters. The number of halogens is 1. The zero-order chi connectivity index (χ0) is 13.8. The SMILES string of the molecule is CCOc1ccccc1C(=O)c1ccc(Cl)c(C)c1. The Balaban J connectivity index is 2.41. The Morgan fingerprint density at radius 2 is 1.95 bits per heavy atom. The van der Waals surface area contributed by atoms with Gasteiger partial charge in [-0.15, -0.1) is 0 Å². The minimum absolute atomic E-state index is 0.0520. The number of hydrogen-bond donors (Lipinski definition) is 0. The van der Waals surface area contributed by atoms with E-state index in [4.69, 9.17) is 16.3 Å². The lowest BCUT2D eigenvalue weighted by Gasteiger charge is -2.09. The third-order valence-electron chi connectivity index (χ3n) is 2.85. The lowest BCUT2D eigenvalue weighted by atomic mass is 10.0. The number of para-hydroxylation sites is 1. The van der Waals surface area contributed by atoms with Crippen LogP contribution in [0.1, 0.15) is 28.4 Å². The second-order valence-electron chi connectivity index (χ2n) is 4.22. The summed E-state index contributed by atoms with van der Waals surface area (Å²) in [4.78, 5) is 12.5. The summed E-state index contributed by atoms with van der Waals surface area (Å²) >= 11 is 5.98. The van der Waals surface area contributed by atoms with E-state index in [1.165, 1.54) is 0 Å². The second kappa shape index (κ2) is 5.89. The molecule has 0 radical (unpaired) electrons. The summed E-state index contributed by atoms with van der Waals surface area (Å²) in [5, 5.41) is 0.662. The Bertz CT molecular complexity index is 605. The van der Waals surface area contributed by atoms with E-state index in [1.54, 1.807) is 30.3 Å². The number of rotatable bonds is 4. The van der Waals surface area contributed by atoms with Crippen LogP contribution < -0.4 is 4.74 Å². The van der Waals surface area contributed by atoms with E-state index in [0.717, 1.165) is 5.56 Å². The van der Waals surface area contributed by atoms with Gasteiger partial charge in [-0.25, -0.2) is 0 Å². The maximum atomic E-state index is 12.5. The van der Waals surface area contributed by atoms with Gasteiger partial charge in [-0.2, -0.15) is 0 Å². The topological polar surface area (TPSA) is 26.3 Å². The average Bonchev–Trinajstić information content (AvgIpc) is 2.42. The van der Waals surface area contributed by atoms with Crippen molar-refractivity contribution >= 4 is 17.4 Å². The summed E-state index contributed by atoms with van der Waals surface area (Å²) in [5.41, 5.74) is 2.08. The lowest BCUT2D eigenvalue weighted by Crippen LogP contribution is -2.05. The summed E-state index contributed by atoms with van der Waals surface area (Å²) in [7, 11) is 0. The van der Waals surface area contributed by atoms with Gasteiger partial charge in [-0.3, -0.25) is 4.79 Å². The van der Waals surface area contributed by atoms with Crippen LogP contribution in [-0.2, 0) is 0 Å². The molecule has 0 heterocycles. The smallest absolute Gasteiger partial charge is 0.196 e. The van der Waals surface area contributed by atoms with Crippen molar-refractivity contribution in [2.45, 2.75) is 13.8 Å². The Kier molecular flexibility index (Phi) is 4.23. The van der Waals surface area contributed by atoms with Gasteiger partial charge in [-0.05, 0) is 49.7 Å². The summed E-state index contributed by atoms with van der Waals surface area (Å²) in [6, 6.07) is 12.5. The van der Waals surface area contributed by atoms with Crippen LogP contribution >= 0.6 is 11.6 Å². The molecule has 0 aromatic heterocycles. The van der Waals surface area contributed by atoms with Crippen molar-refractivity contribution in [1.82, 2.24) is 0 Å². The predicted molar refractivity (Wildman–Crippen MR) is 77.2 cm³/mol. The highest BCUT2D eigenvalue weighted by Crippen LogP contribution is 2.23. The highest BCUT2D eigenvalue weighted by Gasteiger charge is 2.14. The van der Waals surface area contributed by atoms with Crippen LogP contribution in [0.5, 0.6) is 5.75 Å². The molecular weight excluding hydrogens is 260 g/mol. The van der Waals surface area contributed by atoms with Gasteiger partial charge in [-0.1, -0.05) is 23.7 Å². The molecule has 0 spiro atoms. The monoisotopic (exact) mass is 274 g/mol. The van der Waals surface area contributed by atoms with Crippen molar-refractivity contribution in [2.75, 3.05) is 6.61 Å². The van der Waals surface area contributed by atoms with Crippen LogP contribution in [0.4, 0.5) is 0 Å². The van der Waals surface area contributed by atoms with E-state index in [1.807, 2.05) is 26.0 Å². The third-order valence-corrected chi connectivity index (χ3v) is 3.28. The van der Waals surface area contributed by atoms with Crippen molar-refractivity contribution in [2.24, 2.45) is 0 Å². The fourth-order valence-corrected chi connectivity index (χ4v) is 1.99. The van der Waals surface area contributed by atoms with Gasteiger partial charge < -0.3 is 4.74 Å². The molecule has 0 N–H and O–H groups in total. The Morgan fingerprint density at radius 3 is 2.63 bits per heavy atom. The molecule has 19 heavy (non-hydrogen) atoms.